The Bertz CT molecular complexity index is 318. The number of pyridine rings is 1. The third kappa shape index (κ3) is 2.59. The molecule has 5 heteroatoms. The Balaban J connectivity index is 1.90. The molecule has 1 saturated heterocycles. The van der Waals surface area contributed by atoms with Crippen LogP contribution in [0.2, 0.25) is 0 Å². The van der Waals surface area contributed by atoms with Crippen LogP contribution in [0.3, 0.4) is 0 Å². The lowest BCUT2D eigenvalue weighted by molar-refractivity contribution is -0.153. The number of aliphatic hydroxyl groups excluding tert-OH is 1. The fourth-order valence-electron chi connectivity index (χ4n) is 1.30. The standard InChI is InChI=1S/C10H12INO3/c11-9-2-1-8(3-12-9)15-7-10(4-13)5-14-6-10/h1-3,13H,4-7H2. The Morgan fingerprint density at radius 1 is 1.53 bits per heavy atom. The fourth-order valence-corrected chi connectivity index (χ4v) is 1.61. The zero-order valence-electron chi connectivity index (χ0n) is 8.15. The Kier molecular flexibility index (Phi) is 3.42. The SMILES string of the molecule is OCC1(COc2ccc(I)nc2)COC1. The summed E-state index contributed by atoms with van der Waals surface area (Å²) in [4.78, 5) is 4.12. The molecule has 0 radical (unpaired) electrons. The zero-order chi connectivity index (χ0) is 10.7. The highest BCUT2D eigenvalue weighted by Gasteiger charge is 2.39. The van der Waals surface area contributed by atoms with E-state index in [9.17, 15) is 5.11 Å². The molecule has 1 aliphatic heterocycles. The average Bonchev–Trinajstić information content (AvgIpc) is 2.20. The second-order valence-corrected chi connectivity index (χ2v) is 4.86. The van der Waals surface area contributed by atoms with Gasteiger partial charge in [0.2, 0.25) is 0 Å². The Morgan fingerprint density at radius 3 is 2.80 bits per heavy atom. The number of nitrogens with zero attached hydrogens (tertiary/aromatic N) is 1. The monoisotopic (exact) mass is 321 g/mol. The molecule has 0 spiro atoms. The number of hydrogen-bond acceptors (Lipinski definition) is 4. The van der Waals surface area contributed by atoms with Crippen LogP contribution in [0.25, 0.3) is 0 Å². The molecular formula is C10H12INO3. The predicted molar refractivity (Wildman–Crippen MR) is 62.8 cm³/mol. The smallest absolute Gasteiger partial charge is 0.137 e. The van der Waals surface area contributed by atoms with Crippen LogP contribution in [0.1, 0.15) is 0 Å². The molecule has 1 N–H and O–H groups in total. The van der Waals surface area contributed by atoms with E-state index in [2.05, 4.69) is 27.6 Å². The number of halogens is 1. The third-order valence-electron chi connectivity index (χ3n) is 2.40. The van der Waals surface area contributed by atoms with Crippen LogP contribution < -0.4 is 4.74 Å². The van der Waals surface area contributed by atoms with E-state index in [1.165, 1.54) is 0 Å². The van der Waals surface area contributed by atoms with Crippen LogP contribution in [-0.2, 0) is 4.74 Å². The molecule has 2 heterocycles. The second kappa shape index (κ2) is 4.63. The molecule has 1 fully saturated rings. The van der Waals surface area contributed by atoms with Crippen molar-refractivity contribution in [1.82, 2.24) is 4.98 Å². The minimum Gasteiger partial charge on any atom is -0.491 e. The zero-order valence-corrected chi connectivity index (χ0v) is 10.3. The largest absolute Gasteiger partial charge is 0.491 e. The van der Waals surface area contributed by atoms with Crippen LogP contribution in [0.5, 0.6) is 5.75 Å². The highest BCUT2D eigenvalue weighted by atomic mass is 127. The molecule has 0 amide bonds. The first kappa shape index (κ1) is 11.1. The van der Waals surface area contributed by atoms with E-state index < -0.39 is 0 Å². The topological polar surface area (TPSA) is 51.6 Å². The molecule has 2 rings (SSSR count). The summed E-state index contributed by atoms with van der Waals surface area (Å²) in [5.41, 5.74) is -0.205. The summed E-state index contributed by atoms with van der Waals surface area (Å²) in [6.07, 6.45) is 1.69. The van der Waals surface area contributed by atoms with Crippen LogP contribution >= 0.6 is 22.6 Å². The van der Waals surface area contributed by atoms with Gasteiger partial charge in [-0.15, -0.1) is 0 Å². The molecule has 0 saturated carbocycles. The average molecular weight is 321 g/mol. The molecule has 0 unspecified atom stereocenters. The molecule has 82 valence electrons. The van der Waals surface area contributed by atoms with Crippen molar-refractivity contribution in [3.8, 4) is 5.75 Å². The lowest BCUT2D eigenvalue weighted by Gasteiger charge is -2.39. The molecule has 1 aromatic heterocycles. The van der Waals surface area contributed by atoms with Gasteiger partial charge >= 0.3 is 0 Å². The van der Waals surface area contributed by atoms with E-state index in [1.54, 1.807) is 6.20 Å². The molecule has 0 bridgehead atoms. The van der Waals surface area contributed by atoms with Gasteiger partial charge in [0.25, 0.3) is 0 Å². The Labute approximate surface area is 102 Å². The Morgan fingerprint density at radius 2 is 2.33 bits per heavy atom. The van der Waals surface area contributed by atoms with Crippen LogP contribution in [0, 0.1) is 9.12 Å². The summed E-state index contributed by atoms with van der Waals surface area (Å²) in [6.45, 7) is 1.72. The minimum atomic E-state index is -0.205. The number of hydrogen-bond donors (Lipinski definition) is 1. The van der Waals surface area contributed by atoms with Crippen molar-refractivity contribution in [1.29, 1.82) is 0 Å². The van der Waals surface area contributed by atoms with E-state index in [1.807, 2.05) is 12.1 Å². The van der Waals surface area contributed by atoms with E-state index in [-0.39, 0.29) is 12.0 Å². The highest BCUT2D eigenvalue weighted by molar-refractivity contribution is 14.1. The first-order valence-electron chi connectivity index (χ1n) is 4.67. The van der Waals surface area contributed by atoms with Gasteiger partial charge in [-0.25, -0.2) is 4.98 Å². The van der Waals surface area contributed by atoms with Crippen LogP contribution in [-0.4, -0.2) is 36.5 Å². The maximum Gasteiger partial charge on any atom is 0.137 e. The van der Waals surface area contributed by atoms with E-state index in [0.717, 1.165) is 9.45 Å². The predicted octanol–water partition coefficient (Wildman–Crippen LogP) is 1.07. The Hall–Kier alpha value is -0.400. The van der Waals surface area contributed by atoms with Gasteiger partial charge in [0.05, 0.1) is 31.4 Å². The molecule has 0 aromatic carbocycles. The first-order chi connectivity index (χ1) is 7.24. The molecule has 0 aliphatic carbocycles. The highest BCUT2D eigenvalue weighted by Crippen LogP contribution is 2.27. The van der Waals surface area contributed by atoms with Gasteiger partial charge in [0, 0.05) is 0 Å². The van der Waals surface area contributed by atoms with Crippen molar-refractivity contribution < 1.29 is 14.6 Å². The van der Waals surface area contributed by atoms with Crippen molar-refractivity contribution in [3.63, 3.8) is 0 Å². The third-order valence-corrected chi connectivity index (χ3v) is 3.04. The lowest BCUT2D eigenvalue weighted by atomic mass is 9.88. The summed E-state index contributed by atoms with van der Waals surface area (Å²) in [5, 5.41) is 9.18. The van der Waals surface area contributed by atoms with Gasteiger partial charge in [-0.3, -0.25) is 0 Å². The van der Waals surface area contributed by atoms with E-state index in [4.69, 9.17) is 9.47 Å². The summed E-state index contributed by atoms with van der Waals surface area (Å²) in [5.74, 6) is 0.732. The summed E-state index contributed by atoms with van der Waals surface area (Å²) >= 11 is 2.14. The van der Waals surface area contributed by atoms with Gasteiger partial charge in [-0.05, 0) is 34.7 Å². The quantitative estimate of drug-likeness (QED) is 0.666. The minimum absolute atomic E-state index is 0.102. The number of ether oxygens (including phenoxy) is 2. The lowest BCUT2D eigenvalue weighted by Crippen LogP contribution is -2.49. The van der Waals surface area contributed by atoms with Gasteiger partial charge < -0.3 is 14.6 Å². The van der Waals surface area contributed by atoms with Crippen LogP contribution in [0.4, 0.5) is 0 Å². The molecule has 1 aromatic rings. The fraction of sp³-hybridized carbons (Fsp3) is 0.500. The second-order valence-electron chi connectivity index (χ2n) is 3.76. The van der Waals surface area contributed by atoms with Gasteiger partial charge in [0.15, 0.2) is 0 Å². The maximum atomic E-state index is 9.18. The molecule has 15 heavy (non-hydrogen) atoms. The normalized spacial score (nSPS) is 18.3. The van der Waals surface area contributed by atoms with Crippen molar-refractivity contribution in [2.75, 3.05) is 26.4 Å². The van der Waals surface area contributed by atoms with Crippen molar-refractivity contribution in [2.45, 2.75) is 0 Å². The number of aliphatic hydroxyl groups is 1. The summed E-state index contributed by atoms with van der Waals surface area (Å²) in [7, 11) is 0. The molecular weight excluding hydrogens is 309 g/mol. The van der Waals surface area contributed by atoms with Gasteiger partial charge in [0.1, 0.15) is 16.1 Å². The first-order valence-corrected chi connectivity index (χ1v) is 5.75. The number of aromatic nitrogens is 1. The summed E-state index contributed by atoms with van der Waals surface area (Å²) in [6, 6.07) is 3.76. The van der Waals surface area contributed by atoms with E-state index >= 15 is 0 Å². The van der Waals surface area contributed by atoms with Crippen molar-refractivity contribution in [2.24, 2.45) is 5.41 Å². The summed E-state index contributed by atoms with van der Waals surface area (Å²) < 4.78 is 11.6. The van der Waals surface area contributed by atoms with Gasteiger partial charge in [-0.2, -0.15) is 0 Å². The molecule has 0 atom stereocenters. The van der Waals surface area contributed by atoms with Crippen LogP contribution in [0.15, 0.2) is 18.3 Å². The van der Waals surface area contributed by atoms with Crippen molar-refractivity contribution >= 4 is 22.6 Å². The van der Waals surface area contributed by atoms with E-state index in [0.29, 0.717) is 19.8 Å². The molecule has 1 aliphatic rings. The maximum absolute atomic E-state index is 9.18. The van der Waals surface area contributed by atoms with Crippen molar-refractivity contribution in [3.05, 3.63) is 22.0 Å². The van der Waals surface area contributed by atoms with Gasteiger partial charge in [-0.1, -0.05) is 0 Å². The molecule has 4 nitrogen and oxygen atoms in total. The number of rotatable bonds is 4.